The van der Waals surface area contributed by atoms with Gasteiger partial charge in [0.15, 0.2) is 0 Å². The number of aromatic nitrogens is 3. The molecule has 1 N–H and O–H groups in total. The Balaban J connectivity index is 1.46. The molecule has 1 aromatic carbocycles. The Morgan fingerprint density at radius 1 is 0.935 bits per heavy atom. The molecule has 0 amide bonds. The number of hydrogen-bond donors (Lipinski definition) is 1. The molecule has 3 heterocycles. The molecule has 8 nitrogen and oxygen atoms in total. The van der Waals surface area contributed by atoms with E-state index in [-0.39, 0.29) is 9.92 Å². The van der Waals surface area contributed by atoms with Gasteiger partial charge in [-0.1, -0.05) is 29.3 Å². The van der Waals surface area contributed by atoms with Crippen LogP contribution in [0, 0.1) is 6.92 Å². The summed E-state index contributed by atoms with van der Waals surface area (Å²) < 4.78 is 27.7. The van der Waals surface area contributed by atoms with E-state index in [1.54, 1.807) is 13.1 Å². The van der Waals surface area contributed by atoms with Gasteiger partial charge in [0, 0.05) is 43.5 Å². The van der Waals surface area contributed by atoms with E-state index < -0.39 is 10.0 Å². The molecule has 11 heteroatoms. The van der Waals surface area contributed by atoms with E-state index in [0.29, 0.717) is 54.2 Å². The summed E-state index contributed by atoms with van der Waals surface area (Å²) in [6, 6.07) is 10.4. The molecule has 0 spiro atoms. The monoisotopic (exact) mass is 478 g/mol. The first-order chi connectivity index (χ1) is 14.8. The Bertz CT molecular complexity index is 1190. The predicted octanol–water partition coefficient (Wildman–Crippen LogP) is 3.74. The van der Waals surface area contributed by atoms with Crippen molar-refractivity contribution in [1.82, 2.24) is 19.3 Å². The number of hydrogen-bond acceptors (Lipinski definition) is 7. The third kappa shape index (κ3) is 4.74. The Morgan fingerprint density at radius 3 is 2.42 bits per heavy atom. The number of pyridine rings is 1. The fourth-order valence-electron chi connectivity index (χ4n) is 3.28. The van der Waals surface area contributed by atoms with Crippen LogP contribution in [0.15, 0.2) is 53.8 Å². The van der Waals surface area contributed by atoms with Gasteiger partial charge >= 0.3 is 0 Å². The van der Waals surface area contributed by atoms with Crippen molar-refractivity contribution in [3.05, 3.63) is 64.5 Å². The maximum Gasteiger partial charge on any atom is 0.244 e. The van der Waals surface area contributed by atoms with Crippen molar-refractivity contribution < 1.29 is 8.42 Å². The summed E-state index contributed by atoms with van der Waals surface area (Å²) in [5.41, 5.74) is 0.664. The average molecular weight is 479 g/mol. The zero-order valence-electron chi connectivity index (χ0n) is 16.7. The lowest BCUT2D eigenvalue weighted by Gasteiger charge is -2.34. The number of anilines is 3. The number of aryl methyl sites for hydroxylation is 1. The summed E-state index contributed by atoms with van der Waals surface area (Å²) >= 11 is 12.2. The topological polar surface area (TPSA) is 91.3 Å². The van der Waals surface area contributed by atoms with Gasteiger partial charge in [-0.3, -0.25) is 0 Å². The van der Waals surface area contributed by atoms with Crippen LogP contribution in [0.3, 0.4) is 0 Å². The Kier molecular flexibility index (Phi) is 6.29. The number of nitrogens with one attached hydrogen (secondary N) is 1. The molecule has 162 valence electrons. The minimum Gasteiger partial charge on any atom is -0.354 e. The van der Waals surface area contributed by atoms with Gasteiger partial charge in [0.05, 0.1) is 5.02 Å². The van der Waals surface area contributed by atoms with Crippen LogP contribution in [-0.4, -0.2) is 53.9 Å². The van der Waals surface area contributed by atoms with E-state index in [2.05, 4.69) is 20.3 Å². The van der Waals surface area contributed by atoms with Gasteiger partial charge < -0.3 is 10.2 Å². The molecule has 0 atom stereocenters. The first kappa shape index (κ1) is 21.8. The molecule has 3 aromatic rings. The van der Waals surface area contributed by atoms with Crippen molar-refractivity contribution in [2.75, 3.05) is 36.4 Å². The Hall–Kier alpha value is -2.46. The molecule has 1 aliphatic heterocycles. The third-order valence-corrected chi connectivity index (χ3v) is 7.74. The van der Waals surface area contributed by atoms with E-state index >= 15 is 0 Å². The van der Waals surface area contributed by atoms with Gasteiger partial charge in [0.2, 0.25) is 10.0 Å². The number of benzene rings is 1. The first-order valence-electron chi connectivity index (χ1n) is 9.55. The van der Waals surface area contributed by atoms with Crippen LogP contribution < -0.4 is 10.2 Å². The molecule has 0 bridgehead atoms. The highest BCUT2D eigenvalue weighted by atomic mass is 35.5. The van der Waals surface area contributed by atoms with Crippen molar-refractivity contribution >= 4 is 50.7 Å². The van der Waals surface area contributed by atoms with Crippen LogP contribution in [0.4, 0.5) is 17.5 Å². The number of rotatable bonds is 5. The van der Waals surface area contributed by atoms with Crippen molar-refractivity contribution in [2.45, 2.75) is 11.8 Å². The Morgan fingerprint density at radius 2 is 1.71 bits per heavy atom. The molecule has 4 rings (SSSR count). The summed E-state index contributed by atoms with van der Waals surface area (Å²) in [5.74, 6) is 2.01. The average Bonchev–Trinajstić information content (AvgIpc) is 2.77. The van der Waals surface area contributed by atoms with E-state index in [9.17, 15) is 8.42 Å². The van der Waals surface area contributed by atoms with Crippen LogP contribution in [0.5, 0.6) is 0 Å². The molecule has 1 aliphatic rings. The summed E-state index contributed by atoms with van der Waals surface area (Å²) in [6.07, 6.45) is 3.17. The van der Waals surface area contributed by atoms with Crippen LogP contribution >= 0.6 is 23.2 Å². The lowest BCUT2D eigenvalue weighted by atomic mass is 10.2. The van der Waals surface area contributed by atoms with Gasteiger partial charge in [0.25, 0.3) is 0 Å². The van der Waals surface area contributed by atoms with Crippen molar-refractivity contribution in [2.24, 2.45) is 0 Å². The van der Waals surface area contributed by atoms with Crippen molar-refractivity contribution in [3.63, 3.8) is 0 Å². The molecule has 0 aliphatic carbocycles. The maximum atomic E-state index is 13.1. The normalized spacial score (nSPS) is 15.1. The summed E-state index contributed by atoms with van der Waals surface area (Å²) in [6.45, 7) is 3.36. The highest BCUT2D eigenvalue weighted by molar-refractivity contribution is 7.89. The molecule has 0 radical (unpaired) electrons. The summed E-state index contributed by atoms with van der Waals surface area (Å²) in [4.78, 5) is 14.9. The molecule has 1 saturated heterocycles. The molecular weight excluding hydrogens is 459 g/mol. The quantitative estimate of drug-likeness (QED) is 0.596. The third-order valence-electron chi connectivity index (χ3n) is 4.97. The second kappa shape index (κ2) is 8.96. The number of nitrogens with zero attached hydrogens (tertiary/aromatic N) is 5. The van der Waals surface area contributed by atoms with Crippen LogP contribution in [0.2, 0.25) is 10.0 Å². The lowest BCUT2D eigenvalue weighted by molar-refractivity contribution is 0.384. The zero-order valence-corrected chi connectivity index (χ0v) is 19.0. The van der Waals surface area contributed by atoms with E-state index in [1.165, 1.54) is 22.8 Å². The largest absolute Gasteiger partial charge is 0.354 e. The molecule has 2 aromatic heterocycles. The second-order valence-electron chi connectivity index (χ2n) is 7.02. The predicted molar refractivity (Wildman–Crippen MR) is 122 cm³/mol. The summed E-state index contributed by atoms with van der Waals surface area (Å²) in [7, 11) is -3.72. The summed E-state index contributed by atoms with van der Waals surface area (Å²) in [5, 5.41) is 3.70. The zero-order chi connectivity index (χ0) is 22.0. The SMILES string of the molecule is Cc1cc(S(=O)(=O)N2CCN(c3cc(Nc4ccccn4)ncn3)CC2)c(Cl)cc1Cl. The molecule has 1 fully saturated rings. The number of sulfonamides is 1. The van der Waals surface area contributed by atoms with Gasteiger partial charge in [-0.05, 0) is 36.8 Å². The van der Waals surface area contributed by atoms with Gasteiger partial charge in [-0.15, -0.1) is 0 Å². The standard InChI is InChI=1S/C20H20Cl2N6O2S/c1-14-10-17(16(22)11-15(14)21)31(29,30)28-8-6-27(7-9-28)20-12-19(24-13-25-20)26-18-4-2-3-5-23-18/h2-5,10-13H,6-9H2,1H3,(H,23,24,25,26). The van der Waals surface area contributed by atoms with Crippen LogP contribution in [-0.2, 0) is 10.0 Å². The van der Waals surface area contributed by atoms with E-state index in [1.807, 2.05) is 29.2 Å². The minimum absolute atomic E-state index is 0.0772. The number of halogens is 2. The van der Waals surface area contributed by atoms with Gasteiger partial charge in [-0.25, -0.2) is 23.4 Å². The molecule has 0 unspecified atom stereocenters. The van der Waals surface area contributed by atoms with E-state index in [0.717, 1.165) is 0 Å². The minimum atomic E-state index is -3.72. The second-order valence-corrected chi connectivity index (χ2v) is 9.75. The maximum absolute atomic E-state index is 13.1. The lowest BCUT2D eigenvalue weighted by Crippen LogP contribution is -2.49. The van der Waals surface area contributed by atoms with E-state index in [4.69, 9.17) is 23.2 Å². The molecular formula is C20H20Cl2N6O2S. The Labute approximate surface area is 190 Å². The van der Waals surface area contributed by atoms with Crippen LogP contribution in [0.1, 0.15) is 5.56 Å². The van der Waals surface area contributed by atoms with Gasteiger partial charge in [-0.2, -0.15) is 4.31 Å². The smallest absolute Gasteiger partial charge is 0.244 e. The fourth-order valence-corrected chi connectivity index (χ4v) is 5.51. The highest BCUT2D eigenvalue weighted by Gasteiger charge is 2.31. The number of piperazine rings is 1. The first-order valence-corrected chi connectivity index (χ1v) is 11.7. The molecule has 31 heavy (non-hydrogen) atoms. The van der Waals surface area contributed by atoms with Crippen LogP contribution in [0.25, 0.3) is 0 Å². The fraction of sp³-hybridized carbons (Fsp3) is 0.250. The highest BCUT2D eigenvalue weighted by Crippen LogP contribution is 2.31. The van der Waals surface area contributed by atoms with Crippen molar-refractivity contribution in [3.8, 4) is 0 Å². The molecule has 0 saturated carbocycles. The van der Waals surface area contributed by atoms with Crippen molar-refractivity contribution in [1.29, 1.82) is 0 Å². The van der Waals surface area contributed by atoms with Gasteiger partial charge in [0.1, 0.15) is 28.7 Å².